The molecule has 1 aliphatic rings. The van der Waals surface area contributed by atoms with Crippen molar-refractivity contribution in [2.75, 3.05) is 11.9 Å². The summed E-state index contributed by atoms with van der Waals surface area (Å²) in [4.78, 5) is 46.7. The summed E-state index contributed by atoms with van der Waals surface area (Å²) in [5.74, 6) is -3.22. The maximum absolute atomic E-state index is 13.3. The van der Waals surface area contributed by atoms with Gasteiger partial charge < -0.3 is 29.0 Å². The summed E-state index contributed by atoms with van der Waals surface area (Å²) in [6.07, 6.45) is -11.8. The normalized spacial score (nSPS) is 24.2. The third-order valence-corrected chi connectivity index (χ3v) is 4.90. The van der Waals surface area contributed by atoms with Crippen molar-refractivity contribution in [2.45, 2.75) is 64.5 Å². The minimum absolute atomic E-state index is 0.136. The average molecular weight is 526 g/mol. The second kappa shape index (κ2) is 11.6. The Morgan fingerprint density at radius 2 is 1.46 bits per heavy atom. The second-order valence-electron chi connectivity index (χ2n) is 7.46. The molecule has 0 bridgehead atoms. The Morgan fingerprint density at radius 3 is 1.97 bits per heavy atom. The number of benzene rings is 1. The van der Waals surface area contributed by atoms with E-state index in [0.29, 0.717) is 6.07 Å². The molecule has 0 saturated carbocycles. The predicted molar refractivity (Wildman–Crippen MR) is 112 cm³/mol. The van der Waals surface area contributed by atoms with E-state index in [0.717, 1.165) is 33.8 Å². The Labute approximate surface area is 202 Å². The Morgan fingerprint density at radius 1 is 0.914 bits per heavy atom. The lowest BCUT2D eigenvalue weighted by molar-refractivity contribution is -0.247. The zero-order valence-corrected chi connectivity index (χ0v) is 19.8. The van der Waals surface area contributed by atoms with Crippen LogP contribution >= 0.6 is 11.6 Å². The number of carbonyl (C=O) groups excluding carboxylic acids is 4. The van der Waals surface area contributed by atoms with Gasteiger partial charge in [0.1, 0.15) is 12.7 Å². The van der Waals surface area contributed by atoms with Gasteiger partial charge in [-0.05, 0) is 18.2 Å². The minimum atomic E-state index is -4.77. The van der Waals surface area contributed by atoms with Crippen molar-refractivity contribution in [1.29, 1.82) is 0 Å². The van der Waals surface area contributed by atoms with Crippen molar-refractivity contribution < 1.29 is 56.0 Å². The van der Waals surface area contributed by atoms with Crippen molar-refractivity contribution in [1.82, 2.24) is 0 Å². The number of esters is 4. The molecular formula is C21H23ClF3NO9. The molecule has 0 radical (unpaired) electrons. The number of hydrogen-bond acceptors (Lipinski definition) is 10. The number of nitrogens with one attached hydrogen (secondary N) is 1. The number of ether oxygens (including phenoxy) is 5. The number of anilines is 1. The van der Waals surface area contributed by atoms with Crippen molar-refractivity contribution in [2.24, 2.45) is 0 Å². The highest BCUT2D eigenvalue weighted by Gasteiger charge is 2.52. The van der Waals surface area contributed by atoms with E-state index >= 15 is 0 Å². The monoisotopic (exact) mass is 525 g/mol. The first-order valence-electron chi connectivity index (χ1n) is 10.1. The predicted octanol–water partition coefficient (Wildman–Crippen LogP) is 2.85. The molecule has 1 N–H and O–H groups in total. The molecular weight excluding hydrogens is 503 g/mol. The molecule has 0 aromatic heterocycles. The van der Waals surface area contributed by atoms with Crippen LogP contribution in [0.1, 0.15) is 33.3 Å². The number of carbonyl (C=O) groups is 4. The topological polar surface area (TPSA) is 126 Å². The summed E-state index contributed by atoms with van der Waals surface area (Å²) in [5, 5.41) is 2.09. The van der Waals surface area contributed by atoms with Crippen LogP contribution in [0.2, 0.25) is 5.02 Å². The molecule has 1 heterocycles. The molecule has 14 heteroatoms. The van der Waals surface area contributed by atoms with Crippen LogP contribution in [0.25, 0.3) is 0 Å². The van der Waals surface area contributed by atoms with Crippen LogP contribution in [0.3, 0.4) is 0 Å². The Balaban J connectivity index is 2.51. The first-order valence-corrected chi connectivity index (χ1v) is 10.5. The van der Waals surface area contributed by atoms with E-state index in [1.54, 1.807) is 0 Å². The van der Waals surface area contributed by atoms with Crippen molar-refractivity contribution >= 4 is 41.2 Å². The van der Waals surface area contributed by atoms with Crippen molar-refractivity contribution in [3.8, 4) is 0 Å². The van der Waals surface area contributed by atoms with Gasteiger partial charge in [-0.25, -0.2) is 0 Å². The van der Waals surface area contributed by atoms with Crippen LogP contribution in [0.5, 0.6) is 0 Å². The van der Waals surface area contributed by atoms with E-state index in [1.807, 2.05) is 0 Å². The number of halogens is 4. The molecule has 1 aromatic carbocycles. The van der Waals surface area contributed by atoms with Gasteiger partial charge in [-0.1, -0.05) is 11.6 Å². The summed E-state index contributed by atoms with van der Waals surface area (Å²) >= 11 is 5.66. The summed E-state index contributed by atoms with van der Waals surface area (Å²) in [7, 11) is 0. The maximum atomic E-state index is 13.3. The van der Waals surface area contributed by atoms with Gasteiger partial charge in [-0.3, -0.25) is 19.2 Å². The lowest BCUT2D eigenvalue weighted by Crippen LogP contribution is -2.64. The number of hydrogen-bond donors (Lipinski definition) is 1. The van der Waals surface area contributed by atoms with Gasteiger partial charge in [-0.2, -0.15) is 13.2 Å². The molecule has 2 rings (SSSR count). The van der Waals surface area contributed by atoms with E-state index in [9.17, 15) is 32.3 Å². The number of alkyl halides is 3. The fourth-order valence-electron chi connectivity index (χ4n) is 3.34. The molecule has 0 spiro atoms. The Kier molecular flexibility index (Phi) is 9.32. The molecule has 10 nitrogen and oxygen atoms in total. The third-order valence-electron chi connectivity index (χ3n) is 4.57. The zero-order valence-electron chi connectivity index (χ0n) is 19.0. The molecule has 35 heavy (non-hydrogen) atoms. The van der Waals surface area contributed by atoms with Gasteiger partial charge in [0.15, 0.2) is 24.5 Å². The molecule has 1 aliphatic heterocycles. The highest BCUT2D eigenvalue weighted by atomic mass is 35.5. The summed E-state index contributed by atoms with van der Waals surface area (Å²) in [5.41, 5.74) is -1.28. The molecule has 1 aromatic rings. The molecule has 194 valence electrons. The van der Waals surface area contributed by atoms with E-state index in [2.05, 4.69) is 5.32 Å². The fourth-order valence-corrected chi connectivity index (χ4v) is 3.57. The molecule has 0 amide bonds. The maximum Gasteiger partial charge on any atom is 0.417 e. The standard InChI is InChI=1S/C21H23ClF3NO9/c1-9(27)31-8-16-17(32-10(2)28)18(33-11(3)29)19(34-12(4)30)20(35-16)26-13-5-6-15(22)14(7-13)21(23,24)25/h5-7,16-20,26H,8H2,1-4H3/t16-,17-,18+,19-,20-/m1/s1. The third kappa shape index (κ3) is 7.99. The fraction of sp³-hybridized carbons (Fsp3) is 0.524. The molecule has 0 aliphatic carbocycles. The molecule has 1 saturated heterocycles. The molecule has 5 atom stereocenters. The van der Waals surface area contributed by atoms with Gasteiger partial charge in [0, 0.05) is 33.4 Å². The zero-order chi connectivity index (χ0) is 26.5. The van der Waals surface area contributed by atoms with Gasteiger partial charge >= 0.3 is 30.1 Å². The van der Waals surface area contributed by atoms with Crippen LogP contribution in [-0.4, -0.2) is 61.1 Å². The van der Waals surface area contributed by atoms with Crippen LogP contribution in [0.15, 0.2) is 18.2 Å². The van der Waals surface area contributed by atoms with E-state index in [4.69, 9.17) is 35.3 Å². The molecule has 0 unspecified atom stereocenters. The van der Waals surface area contributed by atoms with E-state index < -0.39 is 77.9 Å². The molecule has 1 fully saturated rings. The van der Waals surface area contributed by atoms with Crippen LogP contribution in [-0.2, 0) is 49.0 Å². The van der Waals surface area contributed by atoms with Gasteiger partial charge in [-0.15, -0.1) is 0 Å². The smallest absolute Gasteiger partial charge is 0.417 e. The first-order chi connectivity index (χ1) is 16.2. The summed E-state index contributed by atoms with van der Waals surface area (Å²) < 4.78 is 66.4. The van der Waals surface area contributed by atoms with Crippen LogP contribution in [0, 0.1) is 0 Å². The SMILES string of the molecule is CC(=O)OC[C@H]1O[C@@H](Nc2ccc(Cl)c(C(F)(F)F)c2)[C@H](OC(C)=O)[C@@H](OC(C)=O)[C@@H]1OC(C)=O. The first kappa shape index (κ1) is 28.2. The van der Waals surface area contributed by atoms with Crippen LogP contribution < -0.4 is 5.32 Å². The van der Waals surface area contributed by atoms with E-state index in [-0.39, 0.29) is 5.69 Å². The number of rotatable bonds is 7. The van der Waals surface area contributed by atoms with E-state index in [1.165, 1.54) is 6.07 Å². The van der Waals surface area contributed by atoms with Gasteiger partial charge in [0.05, 0.1) is 10.6 Å². The highest BCUT2D eigenvalue weighted by molar-refractivity contribution is 6.31. The van der Waals surface area contributed by atoms with Crippen molar-refractivity contribution in [3.05, 3.63) is 28.8 Å². The van der Waals surface area contributed by atoms with Crippen LogP contribution in [0.4, 0.5) is 18.9 Å². The lowest BCUT2D eigenvalue weighted by atomic mass is 9.97. The lowest BCUT2D eigenvalue weighted by Gasteiger charge is -2.44. The average Bonchev–Trinajstić information content (AvgIpc) is 2.70. The summed E-state index contributed by atoms with van der Waals surface area (Å²) in [6.45, 7) is 3.77. The van der Waals surface area contributed by atoms with Gasteiger partial charge in [0.2, 0.25) is 0 Å². The second-order valence-corrected chi connectivity index (χ2v) is 7.86. The largest absolute Gasteiger partial charge is 0.463 e. The highest BCUT2D eigenvalue weighted by Crippen LogP contribution is 2.37. The quantitative estimate of drug-likeness (QED) is 0.419. The van der Waals surface area contributed by atoms with Crippen molar-refractivity contribution in [3.63, 3.8) is 0 Å². The Bertz CT molecular complexity index is 972. The Hall–Kier alpha value is -3.06. The minimum Gasteiger partial charge on any atom is -0.463 e. The summed E-state index contributed by atoms with van der Waals surface area (Å²) in [6, 6.07) is 2.92. The van der Waals surface area contributed by atoms with Gasteiger partial charge in [0.25, 0.3) is 0 Å².